The zero-order valence-electron chi connectivity index (χ0n) is 11.1. The molecule has 0 radical (unpaired) electrons. The Hall–Kier alpha value is -1.98. The number of nitrogens with one attached hydrogen (secondary N) is 2. The van der Waals surface area contributed by atoms with Crippen LogP contribution in [0, 0.1) is 0 Å². The van der Waals surface area contributed by atoms with Crippen molar-refractivity contribution in [2.24, 2.45) is 0 Å². The third-order valence-corrected chi connectivity index (χ3v) is 2.95. The number of amides is 1. The molecule has 1 aromatic heterocycles. The van der Waals surface area contributed by atoms with Crippen LogP contribution in [0.4, 0.5) is 11.5 Å². The van der Waals surface area contributed by atoms with Gasteiger partial charge in [0.15, 0.2) is 0 Å². The van der Waals surface area contributed by atoms with Crippen molar-refractivity contribution in [3.8, 4) is 5.88 Å². The van der Waals surface area contributed by atoms with Crippen LogP contribution in [-0.2, 0) is 4.79 Å². The minimum Gasteiger partial charge on any atom is -0.476 e. The fourth-order valence-electron chi connectivity index (χ4n) is 1.92. The van der Waals surface area contributed by atoms with Crippen LogP contribution in [0.2, 0.25) is 0 Å². The summed E-state index contributed by atoms with van der Waals surface area (Å²) < 4.78 is 5.47. The van der Waals surface area contributed by atoms with Crippen LogP contribution >= 0.6 is 0 Å². The van der Waals surface area contributed by atoms with Gasteiger partial charge in [0.1, 0.15) is 5.82 Å². The Morgan fingerprint density at radius 3 is 3.11 bits per heavy atom. The molecule has 1 amide bonds. The van der Waals surface area contributed by atoms with Gasteiger partial charge in [-0.3, -0.25) is 4.79 Å². The first-order valence-electron chi connectivity index (χ1n) is 6.61. The minimum absolute atomic E-state index is 0.115. The van der Waals surface area contributed by atoms with Crippen molar-refractivity contribution in [1.82, 2.24) is 10.3 Å². The van der Waals surface area contributed by atoms with Crippen LogP contribution < -0.4 is 21.1 Å². The number of pyridine rings is 1. The molecule has 1 unspecified atom stereocenters. The molecule has 0 bridgehead atoms. The fourth-order valence-corrected chi connectivity index (χ4v) is 1.92. The molecule has 19 heavy (non-hydrogen) atoms. The Kier molecular flexibility index (Phi) is 4.43. The van der Waals surface area contributed by atoms with Gasteiger partial charge in [-0.15, -0.1) is 0 Å². The van der Waals surface area contributed by atoms with E-state index in [9.17, 15) is 4.79 Å². The van der Waals surface area contributed by atoms with Crippen LogP contribution in [0.15, 0.2) is 12.1 Å². The maximum absolute atomic E-state index is 11.1. The van der Waals surface area contributed by atoms with Gasteiger partial charge in [-0.2, -0.15) is 4.98 Å². The predicted octanol–water partition coefficient (Wildman–Crippen LogP) is 1.14. The first-order chi connectivity index (χ1) is 9.19. The maximum atomic E-state index is 11.1. The number of hydrogen-bond donors (Lipinski definition) is 3. The lowest BCUT2D eigenvalue weighted by Gasteiger charge is -2.13. The Morgan fingerprint density at radius 2 is 2.42 bits per heavy atom. The smallest absolute Gasteiger partial charge is 0.239 e. The lowest BCUT2D eigenvalue weighted by molar-refractivity contribution is -0.119. The summed E-state index contributed by atoms with van der Waals surface area (Å²) in [6.07, 6.45) is 2.37. The lowest BCUT2D eigenvalue weighted by Crippen LogP contribution is -2.32. The van der Waals surface area contributed by atoms with E-state index < -0.39 is 0 Å². The number of nitrogens with zero attached hydrogens (tertiary/aromatic N) is 1. The Bertz CT molecular complexity index is 450. The van der Waals surface area contributed by atoms with E-state index in [4.69, 9.17) is 10.5 Å². The number of carbonyl (C=O) groups is 1. The van der Waals surface area contributed by atoms with Crippen molar-refractivity contribution in [2.45, 2.75) is 32.2 Å². The van der Waals surface area contributed by atoms with E-state index in [1.165, 1.54) is 0 Å². The monoisotopic (exact) mass is 264 g/mol. The molecule has 4 N–H and O–H groups in total. The number of nitrogen functional groups attached to an aromatic ring is 1. The van der Waals surface area contributed by atoms with Gasteiger partial charge in [-0.05, 0) is 25.0 Å². The molecule has 1 saturated heterocycles. The molecule has 0 spiro atoms. The summed E-state index contributed by atoms with van der Waals surface area (Å²) >= 11 is 0. The highest BCUT2D eigenvalue weighted by Crippen LogP contribution is 2.21. The van der Waals surface area contributed by atoms with Gasteiger partial charge < -0.3 is 21.1 Å². The molecule has 1 aromatic rings. The topological polar surface area (TPSA) is 89.3 Å². The second-order valence-electron chi connectivity index (χ2n) is 4.62. The number of nitrogens with two attached hydrogens (primary N) is 1. The molecule has 6 nitrogen and oxygen atoms in total. The van der Waals surface area contributed by atoms with Gasteiger partial charge in [0.25, 0.3) is 0 Å². The van der Waals surface area contributed by atoms with Crippen molar-refractivity contribution in [1.29, 1.82) is 0 Å². The second-order valence-corrected chi connectivity index (χ2v) is 4.62. The second kappa shape index (κ2) is 6.26. The number of hydrogen-bond acceptors (Lipinski definition) is 5. The van der Waals surface area contributed by atoms with Crippen LogP contribution in [0.3, 0.4) is 0 Å². The zero-order valence-corrected chi connectivity index (χ0v) is 11.1. The SMILES string of the molecule is CCCOc1nc(NCC2CCC(=O)N2)ccc1N. The number of carbonyl (C=O) groups excluding carboxylic acids is 1. The molecule has 1 aliphatic heterocycles. The molecule has 1 atom stereocenters. The van der Waals surface area contributed by atoms with E-state index in [-0.39, 0.29) is 11.9 Å². The molecule has 6 heteroatoms. The van der Waals surface area contributed by atoms with Crippen molar-refractivity contribution in [3.05, 3.63) is 12.1 Å². The van der Waals surface area contributed by atoms with E-state index in [0.717, 1.165) is 12.8 Å². The summed E-state index contributed by atoms with van der Waals surface area (Å²) in [5.41, 5.74) is 6.33. The van der Waals surface area contributed by atoms with E-state index in [1.807, 2.05) is 13.0 Å². The van der Waals surface area contributed by atoms with Crippen molar-refractivity contribution in [3.63, 3.8) is 0 Å². The molecule has 2 rings (SSSR count). The van der Waals surface area contributed by atoms with Gasteiger partial charge in [-0.25, -0.2) is 0 Å². The average molecular weight is 264 g/mol. The highest BCUT2D eigenvalue weighted by atomic mass is 16.5. The Labute approximate surface area is 112 Å². The van der Waals surface area contributed by atoms with E-state index >= 15 is 0 Å². The summed E-state index contributed by atoms with van der Waals surface area (Å²) in [4.78, 5) is 15.4. The lowest BCUT2D eigenvalue weighted by atomic mass is 10.2. The van der Waals surface area contributed by atoms with Crippen LogP contribution in [0.25, 0.3) is 0 Å². The van der Waals surface area contributed by atoms with E-state index in [2.05, 4.69) is 15.6 Å². The minimum atomic E-state index is 0.115. The number of ether oxygens (including phenoxy) is 1. The van der Waals surface area contributed by atoms with Gasteiger partial charge >= 0.3 is 0 Å². The summed E-state index contributed by atoms with van der Waals surface area (Å²) in [5, 5.41) is 6.09. The highest BCUT2D eigenvalue weighted by molar-refractivity contribution is 5.78. The zero-order chi connectivity index (χ0) is 13.7. The standard InChI is InChI=1S/C13H20N4O2/c1-2-7-19-13-10(14)4-5-11(17-13)15-8-9-3-6-12(18)16-9/h4-5,9H,2-3,6-8,14H2,1H3,(H,15,17)(H,16,18). The van der Waals surface area contributed by atoms with Crippen LogP contribution in [0.5, 0.6) is 5.88 Å². The summed E-state index contributed by atoms with van der Waals surface area (Å²) in [7, 11) is 0. The van der Waals surface area contributed by atoms with E-state index in [1.54, 1.807) is 6.07 Å². The molecule has 0 aliphatic carbocycles. The predicted molar refractivity (Wildman–Crippen MR) is 74.1 cm³/mol. The van der Waals surface area contributed by atoms with Crippen molar-refractivity contribution < 1.29 is 9.53 Å². The van der Waals surface area contributed by atoms with E-state index in [0.29, 0.717) is 37.0 Å². The number of rotatable bonds is 6. The van der Waals surface area contributed by atoms with Crippen molar-refractivity contribution >= 4 is 17.4 Å². The molecular weight excluding hydrogens is 244 g/mol. The Morgan fingerprint density at radius 1 is 1.58 bits per heavy atom. The first-order valence-corrected chi connectivity index (χ1v) is 6.61. The quantitative estimate of drug-likeness (QED) is 0.717. The van der Waals surface area contributed by atoms with Crippen LogP contribution in [-0.4, -0.2) is 30.1 Å². The molecule has 104 valence electrons. The third kappa shape index (κ3) is 3.74. The Balaban J connectivity index is 1.91. The normalized spacial score (nSPS) is 18.2. The first kappa shape index (κ1) is 13.5. The fraction of sp³-hybridized carbons (Fsp3) is 0.538. The molecule has 0 aromatic carbocycles. The maximum Gasteiger partial charge on any atom is 0.239 e. The number of anilines is 2. The van der Waals surface area contributed by atoms with Gasteiger partial charge in [0.2, 0.25) is 11.8 Å². The largest absolute Gasteiger partial charge is 0.476 e. The van der Waals surface area contributed by atoms with Gasteiger partial charge in [-0.1, -0.05) is 6.92 Å². The van der Waals surface area contributed by atoms with Crippen LogP contribution in [0.1, 0.15) is 26.2 Å². The molecule has 2 heterocycles. The molecule has 1 fully saturated rings. The third-order valence-electron chi connectivity index (χ3n) is 2.95. The van der Waals surface area contributed by atoms with Crippen molar-refractivity contribution in [2.75, 3.05) is 24.2 Å². The summed E-state index contributed by atoms with van der Waals surface area (Å²) in [6, 6.07) is 3.75. The van der Waals surface area contributed by atoms with Gasteiger partial charge in [0.05, 0.1) is 12.3 Å². The summed E-state index contributed by atoms with van der Waals surface area (Å²) in [6.45, 7) is 3.29. The number of aromatic nitrogens is 1. The highest BCUT2D eigenvalue weighted by Gasteiger charge is 2.20. The van der Waals surface area contributed by atoms with Gasteiger partial charge in [0, 0.05) is 19.0 Å². The summed E-state index contributed by atoms with van der Waals surface area (Å²) in [5.74, 6) is 1.28. The molecular formula is C13H20N4O2. The molecule has 1 aliphatic rings. The average Bonchev–Trinajstić information content (AvgIpc) is 2.82. The molecule has 0 saturated carbocycles.